The summed E-state index contributed by atoms with van der Waals surface area (Å²) < 4.78 is 27.1. The summed E-state index contributed by atoms with van der Waals surface area (Å²) >= 11 is 8.02. The fourth-order valence-corrected chi connectivity index (χ4v) is 4.54. The molecule has 20 heavy (non-hydrogen) atoms. The maximum atomic E-state index is 12.6. The Morgan fingerprint density at radius 3 is 2.55 bits per heavy atom. The fourth-order valence-electron chi connectivity index (χ4n) is 1.85. The maximum absolute atomic E-state index is 12.6. The largest absolute Gasteiger partial charge is 0.269 e. The van der Waals surface area contributed by atoms with Crippen molar-refractivity contribution in [3.05, 3.63) is 51.6 Å². The molecule has 3 aromatic rings. The number of hydrogen-bond acceptors (Lipinski definition) is 4. The SMILES string of the molecule is O=S(=O)(c1ccccc1)n1cc(I)c2c(Cl)ncnc21. The molecule has 0 amide bonds. The number of fused-ring (bicyclic) bond motifs is 1. The third kappa shape index (κ3) is 2.09. The lowest BCUT2D eigenvalue weighted by molar-refractivity contribution is 0.588. The van der Waals surface area contributed by atoms with Crippen LogP contribution in [0.25, 0.3) is 11.0 Å². The lowest BCUT2D eigenvalue weighted by Gasteiger charge is -2.06. The highest BCUT2D eigenvalue weighted by Gasteiger charge is 2.22. The van der Waals surface area contributed by atoms with Gasteiger partial charge in [-0.1, -0.05) is 29.8 Å². The Hall–Kier alpha value is -1.19. The van der Waals surface area contributed by atoms with Gasteiger partial charge in [0.25, 0.3) is 10.0 Å². The first-order valence-corrected chi connectivity index (χ1v) is 8.39. The molecule has 5 nitrogen and oxygen atoms in total. The average Bonchev–Trinajstić information content (AvgIpc) is 2.79. The minimum Gasteiger partial charge on any atom is -0.224 e. The van der Waals surface area contributed by atoms with E-state index in [2.05, 4.69) is 9.97 Å². The zero-order valence-electron chi connectivity index (χ0n) is 9.86. The predicted molar refractivity (Wildman–Crippen MR) is 84.3 cm³/mol. The Bertz CT molecular complexity index is 894. The van der Waals surface area contributed by atoms with Crippen LogP contribution in [0.5, 0.6) is 0 Å². The second kappa shape index (κ2) is 4.97. The number of hydrogen-bond donors (Lipinski definition) is 0. The van der Waals surface area contributed by atoms with Crippen molar-refractivity contribution < 1.29 is 8.42 Å². The first-order valence-electron chi connectivity index (χ1n) is 5.49. The van der Waals surface area contributed by atoms with Gasteiger partial charge in [-0.25, -0.2) is 22.4 Å². The minimum atomic E-state index is -3.70. The normalized spacial score (nSPS) is 11.9. The van der Waals surface area contributed by atoms with Crippen LogP contribution < -0.4 is 0 Å². The summed E-state index contributed by atoms with van der Waals surface area (Å²) in [5.41, 5.74) is 0.276. The van der Waals surface area contributed by atoms with Gasteiger partial charge in [-0.3, -0.25) is 0 Å². The molecular weight excluding hydrogens is 413 g/mol. The summed E-state index contributed by atoms with van der Waals surface area (Å²) in [6.07, 6.45) is 2.74. The van der Waals surface area contributed by atoms with Gasteiger partial charge in [0.15, 0.2) is 5.65 Å². The highest BCUT2D eigenvalue weighted by Crippen LogP contribution is 2.29. The molecule has 102 valence electrons. The van der Waals surface area contributed by atoms with Gasteiger partial charge in [-0.2, -0.15) is 0 Å². The van der Waals surface area contributed by atoms with Crippen molar-refractivity contribution in [2.45, 2.75) is 4.90 Å². The van der Waals surface area contributed by atoms with Crippen LogP contribution in [0, 0.1) is 3.57 Å². The van der Waals surface area contributed by atoms with E-state index in [1.165, 1.54) is 24.7 Å². The van der Waals surface area contributed by atoms with Crippen LogP contribution in [0.2, 0.25) is 5.15 Å². The number of nitrogens with zero attached hydrogens (tertiary/aromatic N) is 3. The molecule has 0 aliphatic heterocycles. The molecule has 3 rings (SSSR count). The Kier molecular flexibility index (Phi) is 3.43. The second-order valence-corrected chi connectivity index (χ2v) is 7.29. The molecule has 8 heteroatoms. The lowest BCUT2D eigenvalue weighted by Crippen LogP contribution is -2.12. The van der Waals surface area contributed by atoms with E-state index in [9.17, 15) is 8.42 Å². The molecule has 2 heterocycles. The van der Waals surface area contributed by atoms with Gasteiger partial charge in [0, 0.05) is 9.77 Å². The van der Waals surface area contributed by atoms with Crippen LogP contribution in [-0.2, 0) is 10.0 Å². The van der Waals surface area contributed by atoms with Crippen molar-refractivity contribution in [1.82, 2.24) is 13.9 Å². The second-order valence-electron chi connectivity index (χ2n) is 3.95. The molecule has 0 atom stereocenters. The molecule has 0 fully saturated rings. The van der Waals surface area contributed by atoms with E-state index in [4.69, 9.17) is 11.6 Å². The van der Waals surface area contributed by atoms with Crippen molar-refractivity contribution in [3.8, 4) is 0 Å². The van der Waals surface area contributed by atoms with E-state index in [0.29, 0.717) is 8.96 Å². The molecule has 0 saturated heterocycles. The standard InChI is InChI=1S/C12H7ClIN3O2S/c13-11-10-9(14)6-17(12(10)16-7-15-11)20(18,19)8-4-2-1-3-5-8/h1-7H. The Morgan fingerprint density at radius 1 is 1.15 bits per heavy atom. The van der Waals surface area contributed by atoms with E-state index >= 15 is 0 Å². The summed E-state index contributed by atoms with van der Waals surface area (Å²) in [6, 6.07) is 8.18. The van der Waals surface area contributed by atoms with E-state index in [1.807, 2.05) is 22.6 Å². The third-order valence-electron chi connectivity index (χ3n) is 2.76. The van der Waals surface area contributed by atoms with E-state index in [-0.39, 0.29) is 15.7 Å². The Labute approximate surface area is 133 Å². The number of rotatable bonds is 2. The smallest absolute Gasteiger partial charge is 0.224 e. The summed E-state index contributed by atoms with van der Waals surface area (Å²) in [4.78, 5) is 8.11. The Morgan fingerprint density at radius 2 is 1.85 bits per heavy atom. The highest BCUT2D eigenvalue weighted by molar-refractivity contribution is 14.1. The lowest BCUT2D eigenvalue weighted by atomic mass is 10.4. The molecule has 0 aliphatic carbocycles. The molecule has 0 saturated carbocycles. The summed E-state index contributed by atoms with van der Waals surface area (Å²) in [7, 11) is -3.70. The molecular formula is C12H7ClIN3O2S. The summed E-state index contributed by atoms with van der Waals surface area (Å²) in [5, 5.41) is 0.774. The van der Waals surface area contributed by atoms with Crippen LogP contribution in [0.15, 0.2) is 47.8 Å². The van der Waals surface area contributed by atoms with Crippen molar-refractivity contribution in [2.24, 2.45) is 0 Å². The van der Waals surface area contributed by atoms with Gasteiger partial charge in [0.2, 0.25) is 0 Å². The molecule has 0 N–H and O–H groups in total. The van der Waals surface area contributed by atoms with Crippen molar-refractivity contribution in [3.63, 3.8) is 0 Å². The number of aromatic nitrogens is 3. The van der Waals surface area contributed by atoms with Crippen LogP contribution in [0.4, 0.5) is 0 Å². The quantitative estimate of drug-likeness (QED) is 0.473. The minimum absolute atomic E-state index is 0.197. The zero-order chi connectivity index (χ0) is 14.3. The molecule has 0 spiro atoms. The highest BCUT2D eigenvalue weighted by atomic mass is 127. The van der Waals surface area contributed by atoms with Gasteiger partial charge in [-0.15, -0.1) is 0 Å². The summed E-state index contributed by atoms with van der Waals surface area (Å²) in [6.45, 7) is 0. The van der Waals surface area contributed by atoms with Crippen LogP contribution in [0.1, 0.15) is 0 Å². The fraction of sp³-hybridized carbons (Fsp3) is 0. The van der Waals surface area contributed by atoms with Crippen molar-refractivity contribution in [2.75, 3.05) is 0 Å². The zero-order valence-corrected chi connectivity index (χ0v) is 13.6. The van der Waals surface area contributed by atoms with E-state index < -0.39 is 10.0 Å². The number of benzene rings is 1. The summed E-state index contributed by atoms with van der Waals surface area (Å²) in [5.74, 6) is 0. The van der Waals surface area contributed by atoms with Crippen LogP contribution in [-0.4, -0.2) is 22.4 Å². The van der Waals surface area contributed by atoms with Gasteiger partial charge in [-0.05, 0) is 34.7 Å². The van der Waals surface area contributed by atoms with Crippen molar-refractivity contribution >= 4 is 55.2 Å². The first kappa shape index (κ1) is 13.8. The molecule has 1 aromatic carbocycles. The topological polar surface area (TPSA) is 64.8 Å². The van der Waals surface area contributed by atoms with Gasteiger partial charge >= 0.3 is 0 Å². The Balaban J connectivity index is 2.34. The van der Waals surface area contributed by atoms with Gasteiger partial charge < -0.3 is 0 Å². The molecule has 0 radical (unpaired) electrons. The van der Waals surface area contributed by atoms with Gasteiger partial charge in [0.1, 0.15) is 11.5 Å². The monoisotopic (exact) mass is 419 g/mol. The maximum Gasteiger partial charge on any atom is 0.269 e. The molecule has 0 unspecified atom stereocenters. The average molecular weight is 420 g/mol. The van der Waals surface area contributed by atoms with Crippen molar-refractivity contribution in [1.29, 1.82) is 0 Å². The van der Waals surface area contributed by atoms with Gasteiger partial charge in [0.05, 0.1) is 10.3 Å². The molecule has 0 aliphatic rings. The third-order valence-corrected chi connectivity index (χ3v) is 5.53. The molecule has 0 bridgehead atoms. The molecule has 2 aromatic heterocycles. The predicted octanol–water partition coefficient (Wildman–Crippen LogP) is 2.93. The number of halogens is 2. The van der Waals surface area contributed by atoms with E-state index in [0.717, 1.165) is 3.97 Å². The first-order chi connectivity index (χ1) is 9.51. The van der Waals surface area contributed by atoms with E-state index in [1.54, 1.807) is 18.2 Å². The van der Waals surface area contributed by atoms with Crippen LogP contribution in [0.3, 0.4) is 0 Å². The van der Waals surface area contributed by atoms with Crippen LogP contribution >= 0.6 is 34.2 Å².